The summed E-state index contributed by atoms with van der Waals surface area (Å²) in [4.78, 5) is 12.0. The largest absolute Gasteiger partial charge is 0.457 e. The van der Waals surface area contributed by atoms with E-state index in [2.05, 4.69) is 21.2 Å². The molecule has 2 aromatic rings. The van der Waals surface area contributed by atoms with Gasteiger partial charge in [0, 0.05) is 16.7 Å². The summed E-state index contributed by atoms with van der Waals surface area (Å²) in [5, 5.41) is 3.27. The van der Waals surface area contributed by atoms with Gasteiger partial charge in [-0.25, -0.2) is 4.79 Å². The summed E-state index contributed by atoms with van der Waals surface area (Å²) in [6.07, 6.45) is 0.961. The number of hydrogen-bond donors (Lipinski definition) is 1. The van der Waals surface area contributed by atoms with E-state index in [1.807, 2.05) is 36.4 Å². The molecule has 0 amide bonds. The van der Waals surface area contributed by atoms with Crippen LogP contribution in [0.5, 0.6) is 0 Å². The van der Waals surface area contributed by atoms with Crippen molar-refractivity contribution in [3.63, 3.8) is 0 Å². The second-order valence-electron chi connectivity index (χ2n) is 4.75. The first-order valence-corrected chi connectivity index (χ1v) is 7.30. The lowest BCUT2D eigenvalue weighted by molar-refractivity contribution is 0.0472. The summed E-state index contributed by atoms with van der Waals surface area (Å²) in [6, 6.07) is 13.4. The van der Waals surface area contributed by atoms with Gasteiger partial charge in [0.15, 0.2) is 0 Å². The number of esters is 1. The number of carbonyl (C=O) groups excluding carboxylic acids is 1. The normalized spacial score (nSPS) is 12.7. The summed E-state index contributed by atoms with van der Waals surface area (Å²) in [5.41, 5.74) is 3.89. The van der Waals surface area contributed by atoms with Gasteiger partial charge in [0.05, 0.1) is 5.56 Å². The maximum Gasteiger partial charge on any atom is 0.338 e. The molecule has 0 atom stereocenters. The van der Waals surface area contributed by atoms with Crippen LogP contribution in [0.4, 0.5) is 5.69 Å². The maximum atomic E-state index is 12.0. The molecule has 102 valence electrons. The fraction of sp³-hybridized carbons (Fsp3) is 0.188. The van der Waals surface area contributed by atoms with E-state index in [0.29, 0.717) is 12.2 Å². The van der Waals surface area contributed by atoms with E-state index in [4.69, 9.17) is 4.74 Å². The topological polar surface area (TPSA) is 38.3 Å². The van der Waals surface area contributed by atoms with Gasteiger partial charge in [0.25, 0.3) is 0 Å². The van der Waals surface area contributed by atoms with Crippen molar-refractivity contribution in [2.75, 3.05) is 11.9 Å². The van der Waals surface area contributed by atoms with Crippen LogP contribution in [-0.2, 0) is 17.8 Å². The number of fused-ring (bicyclic) bond motifs is 1. The molecule has 1 aliphatic heterocycles. The molecule has 1 heterocycles. The number of hydrogen-bond acceptors (Lipinski definition) is 3. The van der Waals surface area contributed by atoms with Gasteiger partial charge in [-0.3, -0.25) is 0 Å². The minimum Gasteiger partial charge on any atom is -0.457 e. The fourth-order valence-corrected chi connectivity index (χ4v) is 2.51. The Morgan fingerprint density at radius 2 is 2.00 bits per heavy atom. The van der Waals surface area contributed by atoms with Gasteiger partial charge in [-0.15, -0.1) is 0 Å². The van der Waals surface area contributed by atoms with Gasteiger partial charge in [-0.05, 0) is 47.9 Å². The second-order valence-corrected chi connectivity index (χ2v) is 5.67. The van der Waals surface area contributed by atoms with Gasteiger partial charge in [-0.2, -0.15) is 0 Å². The maximum absolute atomic E-state index is 12.0. The molecule has 20 heavy (non-hydrogen) atoms. The van der Waals surface area contributed by atoms with E-state index in [-0.39, 0.29) is 5.97 Å². The zero-order valence-corrected chi connectivity index (χ0v) is 12.4. The Bertz CT molecular complexity index is 637. The third kappa shape index (κ3) is 2.85. The molecule has 0 saturated carbocycles. The second kappa shape index (κ2) is 5.67. The highest BCUT2D eigenvalue weighted by atomic mass is 79.9. The predicted molar refractivity (Wildman–Crippen MR) is 81.9 cm³/mol. The predicted octanol–water partition coefficient (Wildman–Crippen LogP) is 3.77. The summed E-state index contributed by atoms with van der Waals surface area (Å²) < 4.78 is 6.35. The summed E-state index contributed by atoms with van der Waals surface area (Å²) in [6.45, 7) is 1.23. The molecule has 0 aromatic heterocycles. The van der Waals surface area contributed by atoms with Crippen molar-refractivity contribution in [3.05, 3.63) is 63.6 Å². The first-order valence-electron chi connectivity index (χ1n) is 6.51. The van der Waals surface area contributed by atoms with Gasteiger partial charge < -0.3 is 10.1 Å². The van der Waals surface area contributed by atoms with E-state index in [9.17, 15) is 4.79 Å². The first-order chi connectivity index (χ1) is 9.72. The van der Waals surface area contributed by atoms with Gasteiger partial charge in [-0.1, -0.05) is 28.1 Å². The van der Waals surface area contributed by atoms with Crippen LogP contribution >= 0.6 is 15.9 Å². The lowest BCUT2D eigenvalue weighted by atomic mass is 10.1. The Morgan fingerprint density at radius 3 is 2.80 bits per heavy atom. The molecule has 1 aliphatic rings. The third-order valence-electron chi connectivity index (χ3n) is 3.33. The first kappa shape index (κ1) is 13.2. The van der Waals surface area contributed by atoms with Crippen LogP contribution in [0.3, 0.4) is 0 Å². The van der Waals surface area contributed by atoms with E-state index in [1.54, 1.807) is 6.07 Å². The summed E-state index contributed by atoms with van der Waals surface area (Å²) in [7, 11) is 0. The Hall–Kier alpha value is -1.81. The van der Waals surface area contributed by atoms with Crippen molar-refractivity contribution in [1.29, 1.82) is 0 Å². The number of anilines is 1. The van der Waals surface area contributed by atoms with E-state index in [0.717, 1.165) is 28.7 Å². The van der Waals surface area contributed by atoms with E-state index in [1.165, 1.54) is 5.56 Å². The Balaban J connectivity index is 1.66. The molecule has 0 saturated heterocycles. The molecule has 0 spiro atoms. The summed E-state index contributed by atoms with van der Waals surface area (Å²) >= 11 is 3.38. The summed E-state index contributed by atoms with van der Waals surface area (Å²) in [5.74, 6) is -0.275. The molecule has 0 aliphatic carbocycles. The van der Waals surface area contributed by atoms with Gasteiger partial charge in [0.1, 0.15) is 6.61 Å². The molecule has 0 bridgehead atoms. The quantitative estimate of drug-likeness (QED) is 0.870. The van der Waals surface area contributed by atoms with Crippen molar-refractivity contribution < 1.29 is 9.53 Å². The van der Waals surface area contributed by atoms with Crippen LogP contribution in [0.15, 0.2) is 46.9 Å². The minimum atomic E-state index is -0.275. The number of carbonyl (C=O) groups is 1. The average molecular weight is 332 g/mol. The highest BCUT2D eigenvalue weighted by Crippen LogP contribution is 2.23. The van der Waals surface area contributed by atoms with Crippen LogP contribution in [0.1, 0.15) is 21.5 Å². The number of benzene rings is 2. The lowest BCUT2D eigenvalue weighted by Crippen LogP contribution is -2.05. The molecule has 0 unspecified atom stereocenters. The Kier molecular flexibility index (Phi) is 3.74. The molecule has 1 N–H and O–H groups in total. The van der Waals surface area contributed by atoms with Crippen LogP contribution in [0.25, 0.3) is 0 Å². The van der Waals surface area contributed by atoms with Crippen LogP contribution in [0.2, 0.25) is 0 Å². The molecule has 3 rings (SSSR count). The van der Waals surface area contributed by atoms with Crippen molar-refractivity contribution in [3.8, 4) is 0 Å². The molecule has 2 aromatic carbocycles. The Morgan fingerprint density at radius 1 is 1.20 bits per heavy atom. The van der Waals surface area contributed by atoms with Crippen molar-refractivity contribution in [2.24, 2.45) is 0 Å². The van der Waals surface area contributed by atoms with Crippen molar-refractivity contribution >= 4 is 27.6 Å². The van der Waals surface area contributed by atoms with E-state index >= 15 is 0 Å². The zero-order valence-electron chi connectivity index (χ0n) is 10.9. The fourth-order valence-electron chi connectivity index (χ4n) is 2.24. The van der Waals surface area contributed by atoms with Crippen LogP contribution in [0, 0.1) is 0 Å². The molecule has 3 nitrogen and oxygen atoms in total. The number of ether oxygens (including phenoxy) is 1. The molecule has 4 heteroatoms. The highest BCUT2D eigenvalue weighted by molar-refractivity contribution is 9.10. The average Bonchev–Trinajstić information content (AvgIpc) is 2.93. The third-order valence-corrected chi connectivity index (χ3v) is 3.86. The van der Waals surface area contributed by atoms with E-state index < -0.39 is 0 Å². The van der Waals surface area contributed by atoms with Gasteiger partial charge >= 0.3 is 5.97 Å². The highest BCUT2D eigenvalue weighted by Gasteiger charge is 2.14. The molecule has 0 fully saturated rings. The zero-order chi connectivity index (χ0) is 13.9. The standard InChI is InChI=1S/C16H14BrNO2/c17-14-4-1-11(2-5-14)10-20-16(19)13-3-6-15-12(9-13)7-8-18-15/h1-6,9,18H,7-8,10H2. The SMILES string of the molecule is O=C(OCc1ccc(Br)cc1)c1ccc2c(c1)CCN2. The minimum absolute atomic E-state index is 0.275. The lowest BCUT2D eigenvalue weighted by Gasteiger charge is -2.07. The Labute approximate surface area is 126 Å². The van der Waals surface area contributed by atoms with Crippen LogP contribution < -0.4 is 5.32 Å². The number of rotatable bonds is 3. The smallest absolute Gasteiger partial charge is 0.338 e. The van der Waals surface area contributed by atoms with Gasteiger partial charge in [0.2, 0.25) is 0 Å². The van der Waals surface area contributed by atoms with Crippen molar-refractivity contribution in [2.45, 2.75) is 13.0 Å². The van der Waals surface area contributed by atoms with Crippen molar-refractivity contribution in [1.82, 2.24) is 0 Å². The number of halogens is 1. The number of nitrogens with one attached hydrogen (secondary N) is 1. The molecule has 0 radical (unpaired) electrons. The molecular formula is C16H14BrNO2. The van der Waals surface area contributed by atoms with Crippen LogP contribution in [-0.4, -0.2) is 12.5 Å². The molecular weight excluding hydrogens is 318 g/mol. The monoisotopic (exact) mass is 331 g/mol.